The minimum Gasteiger partial charge on any atom is -0.490 e. The average Bonchev–Trinajstić information content (AvgIpc) is 2.41. The van der Waals surface area contributed by atoms with E-state index in [2.05, 4.69) is 15.9 Å². The molecule has 0 saturated heterocycles. The molecule has 3 atom stereocenters. The van der Waals surface area contributed by atoms with E-state index in [4.69, 9.17) is 15.2 Å². The van der Waals surface area contributed by atoms with Crippen LogP contribution in [0.5, 0.6) is 5.75 Å². The van der Waals surface area contributed by atoms with Gasteiger partial charge < -0.3 is 15.2 Å². The molecule has 0 bridgehead atoms. The Morgan fingerprint density at radius 3 is 2.74 bits per heavy atom. The van der Waals surface area contributed by atoms with Gasteiger partial charge in [0, 0.05) is 29.6 Å². The molecule has 1 aromatic carbocycles. The van der Waals surface area contributed by atoms with Crippen molar-refractivity contribution >= 4 is 15.9 Å². The first kappa shape index (κ1) is 14.8. The molecule has 1 aliphatic rings. The van der Waals surface area contributed by atoms with Gasteiger partial charge in [-0.15, -0.1) is 0 Å². The summed E-state index contributed by atoms with van der Waals surface area (Å²) in [7, 11) is 1.78. The van der Waals surface area contributed by atoms with Gasteiger partial charge in [-0.05, 0) is 44.4 Å². The zero-order valence-corrected chi connectivity index (χ0v) is 13.2. The van der Waals surface area contributed by atoms with Crippen molar-refractivity contribution in [1.82, 2.24) is 0 Å². The lowest BCUT2D eigenvalue weighted by Crippen LogP contribution is -2.30. The molecule has 0 aromatic heterocycles. The number of hydrogen-bond donors (Lipinski definition) is 1. The van der Waals surface area contributed by atoms with Crippen LogP contribution in [-0.2, 0) is 4.74 Å². The largest absolute Gasteiger partial charge is 0.490 e. The first-order chi connectivity index (χ1) is 9.10. The monoisotopic (exact) mass is 327 g/mol. The van der Waals surface area contributed by atoms with Crippen molar-refractivity contribution in [2.45, 2.75) is 50.9 Å². The molecule has 0 amide bonds. The van der Waals surface area contributed by atoms with Crippen LogP contribution in [0.2, 0.25) is 0 Å². The molecule has 3 nitrogen and oxygen atoms in total. The Labute approximate surface area is 123 Å². The molecular weight excluding hydrogens is 306 g/mol. The molecule has 1 aliphatic carbocycles. The second-order valence-electron chi connectivity index (χ2n) is 5.23. The van der Waals surface area contributed by atoms with E-state index in [9.17, 15) is 0 Å². The summed E-state index contributed by atoms with van der Waals surface area (Å²) in [6.07, 6.45) is 4.91. The van der Waals surface area contributed by atoms with Gasteiger partial charge in [0.15, 0.2) is 0 Å². The summed E-state index contributed by atoms with van der Waals surface area (Å²) >= 11 is 3.48. The van der Waals surface area contributed by atoms with Gasteiger partial charge in [0.05, 0.1) is 6.10 Å². The summed E-state index contributed by atoms with van der Waals surface area (Å²) in [5.74, 6) is 0.903. The lowest BCUT2D eigenvalue weighted by atomic mass is 9.94. The van der Waals surface area contributed by atoms with Gasteiger partial charge in [-0.1, -0.05) is 15.9 Å². The van der Waals surface area contributed by atoms with E-state index in [1.807, 2.05) is 25.1 Å². The molecule has 1 saturated carbocycles. The normalized spacial score (nSPS) is 25.1. The van der Waals surface area contributed by atoms with E-state index in [1.165, 1.54) is 0 Å². The lowest BCUT2D eigenvalue weighted by Gasteiger charge is -2.29. The SMILES string of the molecule is COC1CCCC(Oc2ccc(Br)cc2[C@@H](C)N)C1. The number of methoxy groups -OCH3 is 1. The van der Waals surface area contributed by atoms with Crippen LogP contribution < -0.4 is 10.5 Å². The van der Waals surface area contributed by atoms with E-state index in [-0.39, 0.29) is 12.1 Å². The highest BCUT2D eigenvalue weighted by molar-refractivity contribution is 9.10. The second kappa shape index (κ2) is 6.73. The van der Waals surface area contributed by atoms with Gasteiger partial charge >= 0.3 is 0 Å². The fourth-order valence-corrected chi connectivity index (χ4v) is 2.96. The van der Waals surface area contributed by atoms with Crippen molar-refractivity contribution in [3.05, 3.63) is 28.2 Å². The molecule has 4 heteroatoms. The predicted molar refractivity (Wildman–Crippen MR) is 80.4 cm³/mol. The molecule has 0 spiro atoms. The Balaban J connectivity index is 2.10. The number of hydrogen-bond acceptors (Lipinski definition) is 3. The van der Waals surface area contributed by atoms with Gasteiger partial charge in [-0.2, -0.15) is 0 Å². The highest BCUT2D eigenvalue weighted by Gasteiger charge is 2.24. The lowest BCUT2D eigenvalue weighted by molar-refractivity contribution is 0.0206. The van der Waals surface area contributed by atoms with Gasteiger partial charge in [0.25, 0.3) is 0 Å². The van der Waals surface area contributed by atoms with Crippen LogP contribution >= 0.6 is 15.9 Å². The van der Waals surface area contributed by atoms with Gasteiger partial charge in [0.1, 0.15) is 11.9 Å². The molecule has 1 aromatic rings. The number of rotatable bonds is 4. The van der Waals surface area contributed by atoms with Crippen LogP contribution in [0.25, 0.3) is 0 Å². The van der Waals surface area contributed by atoms with Crippen LogP contribution in [0.15, 0.2) is 22.7 Å². The molecule has 106 valence electrons. The van der Waals surface area contributed by atoms with Crippen LogP contribution in [0.3, 0.4) is 0 Å². The smallest absolute Gasteiger partial charge is 0.124 e. The quantitative estimate of drug-likeness (QED) is 0.914. The van der Waals surface area contributed by atoms with E-state index in [1.54, 1.807) is 7.11 Å². The molecule has 0 heterocycles. The summed E-state index contributed by atoms with van der Waals surface area (Å²) in [5.41, 5.74) is 7.07. The fourth-order valence-electron chi connectivity index (χ4n) is 2.59. The van der Waals surface area contributed by atoms with Crippen molar-refractivity contribution in [2.24, 2.45) is 5.73 Å². The zero-order chi connectivity index (χ0) is 13.8. The topological polar surface area (TPSA) is 44.5 Å². The molecule has 2 N–H and O–H groups in total. The van der Waals surface area contributed by atoms with Crippen LogP contribution in [0.1, 0.15) is 44.2 Å². The third kappa shape index (κ3) is 3.94. The number of benzene rings is 1. The van der Waals surface area contributed by atoms with Gasteiger partial charge in [-0.25, -0.2) is 0 Å². The van der Waals surface area contributed by atoms with Crippen molar-refractivity contribution in [1.29, 1.82) is 0 Å². The first-order valence-electron chi connectivity index (χ1n) is 6.84. The van der Waals surface area contributed by atoms with E-state index >= 15 is 0 Å². The van der Waals surface area contributed by atoms with Crippen LogP contribution in [-0.4, -0.2) is 19.3 Å². The molecule has 1 fully saturated rings. The van der Waals surface area contributed by atoms with Gasteiger partial charge in [-0.3, -0.25) is 0 Å². The minimum absolute atomic E-state index is 0.0330. The number of nitrogens with two attached hydrogens (primary N) is 1. The van der Waals surface area contributed by atoms with Gasteiger partial charge in [0.2, 0.25) is 0 Å². The standard InChI is InChI=1S/C15H22BrNO2/c1-10(17)14-8-11(16)6-7-15(14)19-13-5-3-4-12(9-13)18-2/h6-8,10,12-13H,3-5,9,17H2,1-2H3/t10-,12?,13?/m1/s1. The van der Waals surface area contributed by atoms with Crippen molar-refractivity contribution in [3.63, 3.8) is 0 Å². The van der Waals surface area contributed by atoms with Crippen LogP contribution in [0, 0.1) is 0 Å². The minimum atomic E-state index is -0.0330. The van der Waals surface area contributed by atoms with Crippen molar-refractivity contribution < 1.29 is 9.47 Å². The molecule has 2 rings (SSSR count). The average molecular weight is 328 g/mol. The Bertz CT molecular complexity index is 423. The Morgan fingerprint density at radius 2 is 2.05 bits per heavy atom. The van der Waals surface area contributed by atoms with E-state index in [0.29, 0.717) is 6.10 Å². The molecular formula is C15H22BrNO2. The van der Waals surface area contributed by atoms with Crippen molar-refractivity contribution in [3.8, 4) is 5.75 Å². The molecule has 0 radical (unpaired) electrons. The maximum absolute atomic E-state index is 6.15. The third-order valence-electron chi connectivity index (χ3n) is 3.67. The zero-order valence-electron chi connectivity index (χ0n) is 11.6. The maximum atomic E-state index is 6.15. The second-order valence-corrected chi connectivity index (χ2v) is 6.15. The fraction of sp³-hybridized carbons (Fsp3) is 0.600. The third-order valence-corrected chi connectivity index (χ3v) is 4.16. The Kier molecular flexibility index (Phi) is 5.25. The highest BCUT2D eigenvalue weighted by Crippen LogP contribution is 2.31. The molecule has 2 unspecified atom stereocenters. The maximum Gasteiger partial charge on any atom is 0.124 e. The summed E-state index contributed by atoms with van der Waals surface area (Å²) in [6, 6.07) is 6.00. The summed E-state index contributed by atoms with van der Waals surface area (Å²) in [5, 5.41) is 0. The summed E-state index contributed by atoms with van der Waals surface area (Å²) in [4.78, 5) is 0. The van der Waals surface area contributed by atoms with E-state index in [0.717, 1.165) is 41.5 Å². The highest BCUT2D eigenvalue weighted by atomic mass is 79.9. The summed E-state index contributed by atoms with van der Waals surface area (Å²) < 4.78 is 12.6. The Hall–Kier alpha value is -0.580. The van der Waals surface area contributed by atoms with Crippen LogP contribution in [0.4, 0.5) is 0 Å². The van der Waals surface area contributed by atoms with Crippen molar-refractivity contribution in [2.75, 3.05) is 7.11 Å². The summed E-state index contributed by atoms with van der Waals surface area (Å²) in [6.45, 7) is 1.98. The molecule has 19 heavy (non-hydrogen) atoms. The van der Waals surface area contributed by atoms with E-state index < -0.39 is 0 Å². The Morgan fingerprint density at radius 1 is 1.32 bits per heavy atom. The molecule has 0 aliphatic heterocycles. The first-order valence-corrected chi connectivity index (χ1v) is 7.64. The number of ether oxygens (including phenoxy) is 2. The number of halogens is 1. The predicted octanol–water partition coefficient (Wildman–Crippen LogP) is 3.81.